The van der Waals surface area contributed by atoms with Gasteiger partial charge in [-0.1, -0.05) is 23.4 Å². The highest BCUT2D eigenvalue weighted by atomic mass is 16.5. The Morgan fingerprint density at radius 3 is 2.89 bits per heavy atom. The number of likely N-dealkylation sites (N-methyl/N-ethyl adjacent to an activating group) is 1. The summed E-state index contributed by atoms with van der Waals surface area (Å²) in [4.78, 5) is 15.2. The van der Waals surface area contributed by atoms with Crippen LogP contribution in [0.5, 0.6) is 5.75 Å². The molecule has 1 amide bonds. The first-order valence-electron chi connectivity index (χ1n) is 5.48. The van der Waals surface area contributed by atoms with Gasteiger partial charge in [0.1, 0.15) is 5.75 Å². The van der Waals surface area contributed by atoms with Gasteiger partial charge in [-0.3, -0.25) is 4.79 Å². The Hall–Kier alpha value is -2.37. The third-order valence-electron chi connectivity index (χ3n) is 2.21. The summed E-state index contributed by atoms with van der Waals surface area (Å²) < 4.78 is 10.4. The lowest BCUT2D eigenvalue weighted by molar-refractivity contribution is -0.120. The molecular formula is C12H13N3O3. The number of amides is 1. The van der Waals surface area contributed by atoms with Crippen LogP contribution in [0.1, 0.15) is 11.7 Å². The average Bonchev–Trinajstić information content (AvgIpc) is 2.85. The highest BCUT2D eigenvalue weighted by Crippen LogP contribution is 2.10. The molecule has 18 heavy (non-hydrogen) atoms. The minimum Gasteiger partial charge on any atom is -0.484 e. The molecule has 1 N–H and O–H groups in total. The van der Waals surface area contributed by atoms with Crippen LogP contribution in [0.15, 0.2) is 34.9 Å². The zero-order chi connectivity index (χ0) is 12.8. The maximum absolute atomic E-state index is 11.1. The molecule has 0 bridgehead atoms. The molecule has 0 spiro atoms. The topological polar surface area (TPSA) is 77.2 Å². The molecule has 0 saturated heterocycles. The smallest absolute Gasteiger partial charge is 0.264 e. The summed E-state index contributed by atoms with van der Waals surface area (Å²) in [5, 5.41) is 6.18. The fourth-order valence-electron chi connectivity index (χ4n) is 1.31. The number of ether oxygens (including phenoxy) is 1. The van der Waals surface area contributed by atoms with Crippen molar-refractivity contribution in [3.63, 3.8) is 0 Å². The van der Waals surface area contributed by atoms with Gasteiger partial charge < -0.3 is 14.6 Å². The summed E-state index contributed by atoms with van der Waals surface area (Å²) in [6.45, 7) is 0.185. The molecule has 94 valence electrons. The van der Waals surface area contributed by atoms with Gasteiger partial charge in [-0.25, -0.2) is 0 Å². The Morgan fingerprint density at radius 1 is 1.39 bits per heavy atom. The summed E-state index contributed by atoms with van der Waals surface area (Å²) in [6.07, 6.45) is 0.103. The number of nitrogens with one attached hydrogen (secondary N) is 1. The lowest BCUT2D eigenvalue weighted by Gasteiger charge is -2.01. The number of nitrogens with zero attached hydrogens (tertiary/aromatic N) is 2. The van der Waals surface area contributed by atoms with Crippen LogP contribution >= 0.6 is 0 Å². The van der Waals surface area contributed by atoms with Crippen molar-refractivity contribution >= 4 is 5.91 Å². The standard InChI is InChI=1S/C12H13N3O3/c1-13-11(16)7-10-14-12(18-15-10)8-17-9-5-3-2-4-6-9/h2-6H,7-8H2,1H3,(H,13,16). The molecule has 0 aliphatic heterocycles. The highest BCUT2D eigenvalue weighted by molar-refractivity contribution is 5.77. The number of carbonyl (C=O) groups excluding carboxylic acids is 1. The molecule has 6 heteroatoms. The highest BCUT2D eigenvalue weighted by Gasteiger charge is 2.10. The predicted molar refractivity (Wildman–Crippen MR) is 62.8 cm³/mol. The van der Waals surface area contributed by atoms with E-state index in [-0.39, 0.29) is 18.9 Å². The summed E-state index contributed by atoms with van der Waals surface area (Å²) in [5.41, 5.74) is 0. The van der Waals surface area contributed by atoms with Crippen molar-refractivity contribution in [2.75, 3.05) is 7.05 Å². The van der Waals surface area contributed by atoms with Crippen LogP contribution in [-0.4, -0.2) is 23.1 Å². The normalized spacial score (nSPS) is 10.1. The Bertz CT molecular complexity index is 510. The quantitative estimate of drug-likeness (QED) is 0.850. The Morgan fingerprint density at radius 2 is 2.17 bits per heavy atom. The zero-order valence-corrected chi connectivity index (χ0v) is 9.92. The molecule has 0 fully saturated rings. The second-order valence-electron chi connectivity index (χ2n) is 3.56. The molecule has 0 aliphatic rings. The van der Waals surface area contributed by atoms with Gasteiger partial charge in [-0.15, -0.1) is 0 Å². The Balaban J connectivity index is 1.89. The van der Waals surface area contributed by atoms with Crippen molar-refractivity contribution in [3.05, 3.63) is 42.0 Å². The summed E-state index contributed by atoms with van der Waals surface area (Å²) in [6, 6.07) is 9.32. The fraction of sp³-hybridized carbons (Fsp3) is 0.250. The maximum Gasteiger partial charge on any atom is 0.264 e. The molecule has 6 nitrogen and oxygen atoms in total. The van der Waals surface area contributed by atoms with Gasteiger partial charge in [0.25, 0.3) is 5.89 Å². The molecule has 0 aliphatic carbocycles. The van der Waals surface area contributed by atoms with Crippen molar-refractivity contribution in [1.82, 2.24) is 15.5 Å². The van der Waals surface area contributed by atoms with Crippen molar-refractivity contribution in [2.45, 2.75) is 13.0 Å². The largest absolute Gasteiger partial charge is 0.484 e. The molecule has 2 rings (SSSR count). The summed E-state index contributed by atoms with van der Waals surface area (Å²) in [7, 11) is 1.56. The molecule has 0 saturated carbocycles. The van der Waals surface area contributed by atoms with E-state index >= 15 is 0 Å². The van der Waals surface area contributed by atoms with Crippen LogP contribution in [0.2, 0.25) is 0 Å². The van der Waals surface area contributed by atoms with Gasteiger partial charge in [0, 0.05) is 7.05 Å². The van der Waals surface area contributed by atoms with Gasteiger partial charge in [0.05, 0.1) is 6.42 Å². The molecule has 0 radical (unpaired) electrons. The number of hydrogen-bond donors (Lipinski definition) is 1. The van der Waals surface area contributed by atoms with E-state index in [1.54, 1.807) is 7.05 Å². The summed E-state index contributed by atoms with van der Waals surface area (Å²) >= 11 is 0. The third-order valence-corrected chi connectivity index (χ3v) is 2.21. The average molecular weight is 247 g/mol. The molecule has 1 aromatic heterocycles. The zero-order valence-electron chi connectivity index (χ0n) is 9.92. The van der Waals surface area contributed by atoms with Crippen LogP contribution in [0, 0.1) is 0 Å². The third kappa shape index (κ3) is 3.31. The van der Waals surface area contributed by atoms with Crippen molar-refractivity contribution in [1.29, 1.82) is 0 Å². The van der Waals surface area contributed by atoms with Gasteiger partial charge in [-0.05, 0) is 12.1 Å². The second kappa shape index (κ2) is 5.81. The van der Waals surface area contributed by atoms with Crippen LogP contribution in [0.3, 0.4) is 0 Å². The van der Waals surface area contributed by atoms with Crippen molar-refractivity contribution in [3.8, 4) is 5.75 Å². The van der Waals surface area contributed by atoms with Gasteiger partial charge in [0.15, 0.2) is 12.4 Å². The first-order valence-corrected chi connectivity index (χ1v) is 5.48. The lowest BCUT2D eigenvalue weighted by Crippen LogP contribution is -2.20. The number of aromatic nitrogens is 2. The molecule has 1 aromatic carbocycles. The number of benzene rings is 1. The molecular weight excluding hydrogens is 234 g/mol. The first kappa shape index (κ1) is 12.1. The summed E-state index contributed by atoms with van der Waals surface area (Å²) in [5.74, 6) is 1.26. The van der Waals surface area contributed by atoms with E-state index in [0.29, 0.717) is 11.7 Å². The number of rotatable bonds is 5. The van der Waals surface area contributed by atoms with Gasteiger partial charge in [-0.2, -0.15) is 4.98 Å². The van der Waals surface area contributed by atoms with E-state index in [2.05, 4.69) is 15.5 Å². The van der Waals surface area contributed by atoms with Crippen molar-refractivity contribution in [2.24, 2.45) is 0 Å². The fourth-order valence-corrected chi connectivity index (χ4v) is 1.31. The van der Waals surface area contributed by atoms with Crippen LogP contribution < -0.4 is 10.1 Å². The van der Waals surface area contributed by atoms with Gasteiger partial charge in [0.2, 0.25) is 5.91 Å². The lowest BCUT2D eigenvalue weighted by atomic mass is 10.3. The van der Waals surface area contributed by atoms with Crippen LogP contribution in [-0.2, 0) is 17.8 Å². The van der Waals surface area contributed by atoms with E-state index in [1.165, 1.54) is 0 Å². The number of hydrogen-bond acceptors (Lipinski definition) is 5. The second-order valence-corrected chi connectivity index (χ2v) is 3.56. The monoisotopic (exact) mass is 247 g/mol. The molecule has 0 unspecified atom stereocenters. The van der Waals surface area contributed by atoms with E-state index < -0.39 is 0 Å². The number of carbonyl (C=O) groups is 1. The number of para-hydroxylation sites is 1. The van der Waals surface area contributed by atoms with Gasteiger partial charge >= 0.3 is 0 Å². The van der Waals surface area contributed by atoms with Crippen molar-refractivity contribution < 1.29 is 14.1 Å². The molecule has 1 heterocycles. The minimum atomic E-state index is -0.161. The van der Waals surface area contributed by atoms with E-state index in [4.69, 9.17) is 9.26 Å². The molecule has 2 aromatic rings. The van der Waals surface area contributed by atoms with Crippen LogP contribution in [0.25, 0.3) is 0 Å². The van der Waals surface area contributed by atoms with E-state index in [1.807, 2.05) is 30.3 Å². The minimum absolute atomic E-state index is 0.103. The maximum atomic E-state index is 11.1. The SMILES string of the molecule is CNC(=O)Cc1noc(COc2ccccc2)n1. The Kier molecular flexibility index (Phi) is 3.90. The molecule has 0 atom stereocenters. The van der Waals surface area contributed by atoms with E-state index in [9.17, 15) is 4.79 Å². The van der Waals surface area contributed by atoms with Crippen LogP contribution in [0.4, 0.5) is 0 Å². The Labute approximate surface area is 104 Å². The predicted octanol–water partition coefficient (Wildman–Crippen LogP) is 0.937. The first-order chi connectivity index (χ1) is 8.78. The van der Waals surface area contributed by atoms with E-state index in [0.717, 1.165) is 5.75 Å².